The lowest BCUT2D eigenvalue weighted by atomic mass is 9.89. The van der Waals surface area contributed by atoms with Gasteiger partial charge >= 0.3 is 0 Å². The molecule has 0 radical (unpaired) electrons. The Morgan fingerprint density at radius 2 is 0.650 bits per heavy atom. The molecule has 0 spiro atoms. The highest BCUT2D eigenvalue weighted by Crippen LogP contribution is 2.41. The van der Waals surface area contributed by atoms with Gasteiger partial charge in [0, 0.05) is 28.2 Å². The largest absolute Gasteiger partial charge is 0.311 e. The number of hydrogen-bond donors (Lipinski definition) is 0. The van der Waals surface area contributed by atoms with Crippen LogP contribution in [0.5, 0.6) is 0 Å². The molecule has 0 aliphatic heterocycles. The van der Waals surface area contributed by atoms with Crippen LogP contribution in [0.4, 0.5) is 17.1 Å². The lowest BCUT2D eigenvalue weighted by molar-refractivity contribution is 0.892. The van der Waals surface area contributed by atoms with E-state index in [1.54, 1.807) is 0 Å². The summed E-state index contributed by atoms with van der Waals surface area (Å²) in [6.45, 7) is 0. The highest BCUT2D eigenvalue weighted by Gasteiger charge is 2.17. The van der Waals surface area contributed by atoms with Gasteiger partial charge in [-0.15, -0.1) is 0 Å². The van der Waals surface area contributed by atoms with Crippen LogP contribution in [0.3, 0.4) is 0 Å². The summed E-state index contributed by atoms with van der Waals surface area (Å²) in [5.41, 5.74) is 17.9. The maximum atomic E-state index is 5.19. The Hall–Kier alpha value is -8.01. The lowest BCUT2D eigenvalue weighted by Crippen LogP contribution is -2.09. The molecule has 10 aromatic rings. The molecular formula is C57H41N3. The predicted molar refractivity (Wildman–Crippen MR) is 251 cm³/mol. The quantitative estimate of drug-likeness (QED) is 0.138. The summed E-state index contributed by atoms with van der Waals surface area (Å²) >= 11 is 0. The van der Waals surface area contributed by atoms with E-state index in [9.17, 15) is 0 Å². The van der Waals surface area contributed by atoms with Crippen molar-refractivity contribution in [2.24, 2.45) is 0 Å². The Labute approximate surface area is 351 Å². The standard InChI is InChI=1S/C57H41N3/c1-5-17-42(18-6-1)43-29-31-47(32-30-43)57-41-56(46-19-7-2-8-20-46)58-60(57)51-39-35-45(36-40-51)53-26-14-16-28-55(53)54-27-15-13-25-52(54)44-33-37-50(38-34-44)59(48-21-9-3-10-22-48)49-23-11-4-12-24-49/h1-41H. The zero-order valence-electron chi connectivity index (χ0n) is 33.0. The Bertz CT molecular complexity index is 2930. The number of hydrogen-bond acceptors (Lipinski definition) is 2. The van der Waals surface area contributed by atoms with Crippen LogP contribution in [0.2, 0.25) is 0 Å². The van der Waals surface area contributed by atoms with Gasteiger partial charge in [0.05, 0.1) is 17.1 Å². The molecule has 10 rings (SSSR count). The molecule has 3 heteroatoms. The van der Waals surface area contributed by atoms with E-state index >= 15 is 0 Å². The van der Waals surface area contributed by atoms with Gasteiger partial charge in [0.15, 0.2) is 0 Å². The molecule has 0 fully saturated rings. The smallest absolute Gasteiger partial charge is 0.0934 e. The Balaban J connectivity index is 0.987. The molecule has 284 valence electrons. The summed E-state index contributed by atoms with van der Waals surface area (Å²) in [4.78, 5) is 2.30. The topological polar surface area (TPSA) is 21.1 Å². The van der Waals surface area contributed by atoms with E-state index in [1.807, 2.05) is 6.07 Å². The van der Waals surface area contributed by atoms with Gasteiger partial charge in [0.25, 0.3) is 0 Å². The number of rotatable bonds is 10. The fourth-order valence-corrected chi connectivity index (χ4v) is 8.11. The van der Waals surface area contributed by atoms with Crippen LogP contribution < -0.4 is 4.90 Å². The zero-order valence-corrected chi connectivity index (χ0v) is 33.0. The Kier molecular flexibility index (Phi) is 9.97. The van der Waals surface area contributed by atoms with Crippen molar-refractivity contribution in [2.45, 2.75) is 0 Å². The van der Waals surface area contributed by atoms with E-state index in [0.717, 1.165) is 56.4 Å². The van der Waals surface area contributed by atoms with Gasteiger partial charge in [0.1, 0.15) is 0 Å². The number of aromatic nitrogens is 2. The molecule has 1 aromatic heterocycles. The van der Waals surface area contributed by atoms with Gasteiger partial charge in [-0.2, -0.15) is 5.10 Å². The average molecular weight is 768 g/mol. The molecule has 0 atom stereocenters. The average Bonchev–Trinajstić information content (AvgIpc) is 3.79. The lowest BCUT2D eigenvalue weighted by Gasteiger charge is -2.25. The highest BCUT2D eigenvalue weighted by molar-refractivity contribution is 5.92. The van der Waals surface area contributed by atoms with E-state index in [2.05, 4.69) is 252 Å². The summed E-state index contributed by atoms with van der Waals surface area (Å²) in [5, 5.41) is 5.19. The molecule has 0 amide bonds. The third-order valence-corrected chi connectivity index (χ3v) is 11.1. The normalized spacial score (nSPS) is 11.0. The first-order chi connectivity index (χ1) is 29.8. The van der Waals surface area contributed by atoms with Crippen molar-refractivity contribution in [3.05, 3.63) is 249 Å². The van der Waals surface area contributed by atoms with Crippen molar-refractivity contribution in [2.75, 3.05) is 4.90 Å². The zero-order chi connectivity index (χ0) is 40.1. The second-order valence-electron chi connectivity index (χ2n) is 14.8. The van der Waals surface area contributed by atoms with Crippen LogP contribution in [0.25, 0.3) is 72.7 Å². The fraction of sp³-hybridized carbons (Fsp3) is 0. The predicted octanol–water partition coefficient (Wildman–Crippen LogP) is 15.3. The van der Waals surface area contributed by atoms with Crippen LogP contribution in [-0.2, 0) is 0 Å². The molecule has 0 aliphatic carbocycles. The van der Waals surface area contributed by atoms with E-state index in [-0.39, 0.29) is 0 Å². The first-order valence-corrected chi connectivity index (χ1v) is 20.4. The molecule has 0 bridgehead atoms. The minimum atomic E-state index is 0.935. The molecule has 0 saturated heterocycles. The number of para-hydroxylation sites is 2. The van der Waals surface area contributed by atoms with Gasteiger partial charge in [-0.1, -0.05) is 194 Å². The van der Waals surface area contributed by atoms with Crippen molar-refractivity contribution in [1.82, 2.24) is 9.78 Å². The van der Waals surface area contributed by atoms with Crippen LogP contribution in [-0.4, -0.2) is 9.78 Å². The fourth-order valence-electron chi connectivity index (χ4n) is 8.11. The number of nitrogens with zero attached hydrogens (tertiary/aromatic N) is 3. The highest BCUT2D eigenvalue weighted by atomic mass is 15.3. The summed E-state index contributed by atoms with van der Waals surface area (Å²) in [7, 11) is 0. The molecule has 60 heavy (non-hydrogen) atoms. The molecule has 3 nitrogen and oxygen atoms in total. The first kappa shape index (κ1) is 36.3. The van der Waals surface area contributed by atoms with E-state index in [4.69, 9.17) is 5.10 Å². The maximum Gasteiger partial charge on any atom is 0.0934 e. The van der Waals surface area contributed by atoms with Crippen LogP contribution in [0.15, 0.2) is 249 Å². The van der Waals surface area contributed by atoms with E-state index in [0.29, 0.717) is 0 Å². The molecule has 1 heterocycles. The molecule has 0 aliphatic rings. The third-order valence-electron chi connectivity index (χ3n) is 11.1. The molecule has 0 N–H and O–H groups in total. The molecule has 0 saturated carbocycles. The van der Waals surface area contributed by atoms with Crippen LogP contribution in [0, 0.1) is 0 Å². The summed E-state index contributed by atoms with van der Waals surface area (Å²) in [6, 6.07) is 88.2. The van der Waals surface area contributed by atoms with Gasteiger partial charge in [0.2, 0.25) is 0 Å². The van der Waals surface area contributed by atoms with Gasteiger partial charge in [-0.05, 0) is 99.1 Å². The Morgan fingerprint density at radius 3 is 1.17 bits per heavy atom. The second kappa shape index (κ2) is 16.5. The summed E-state index contributed by atoms with van der Waals surface area (Å²) in [5.74, 6) is 0. The molecule has 0 unspecified atom stereocenters. The van der Waals surface area contributed by atoms with Crippen LogP contribution in [0.1, 0.15) is 0 Å². The van der Waals surface area contributed by atoms with E-state index in [1.165, 1.54) is 33.4 Å². The van der Waals surface area contributed by atoms with Crippen LogP contribution >= 0.6 is 0 Å². The van der Waals surface area contributed by atoms with Crippen molar-refractivity contribution in [3.63, 3.8) is 0 Å². The van der Waals surface area contributed by atoms with Crippen molar-refractivity contribution in [3.8, 4) is 72.7 Å². The first-order valence-electron chi connectivity index (χ1n) is 20.4. The number of benzene rings is 9. The van der Waals surface area contributed by atoms with Crippen molar-refractivity contribution in [1.29, 1.82) is 0 Å². The van der Waals surface area contributed by atoms with E-state index < -0.39 is 0 Å². The minimum Gasteiger partial charge on any atom is -0.311 e. The van der Waals surface area contributed by atoms with Gasteiger partial charge < -0.3 is 4.90 Å². The molecular weight excluding hydrogens is 727 g/mol. The maximum absolute atomic E-state index is 5.19. The summed E-state index contributed by atoms with van der Waals surface area (Å²) in [6.07, 6.45) is 0. The third kappa shape index (κ3) is 7.32. The van der Waals surface area contributed by atoms with Crippen molar-refractivity contribution < 1.29 is 0 Å². The van der Waals surface area contributed by atoms with Crippen molar-refractivity contribution >= 4 is 17.1 Å². The van der Waals surface area contributed by atoms with Gasteiger partial charge in [-0.3, -0.25) is 0 Å². The monoisotopic (exact) mass is 767 g/mol. The molecule has 9 aromatic carbocycles. The number of anilines is 3. The SMILES string of the molecule is c1ccc(-c2ccc(-c3cc(-c4ccccc4)nn3-c3ccc(-c4ccccc4-c4ccccc4-c4ccc(N(c5ccccc5)c5ccccc5)cc4)cc3)cc2)cc1. The minimum absolute atomic E-state index is 0.935. The Morgan fingerprint density at radius 1 is 0.283 bits per heavy atom. The summed E-state index contributed by atoms with van der Waals surface area (Å²) < 4.78 is 2.07. The second-order valence-corrected chi connectivity index (χ2v) is 14.8. The van der Waals surface area contributed by atoms with Gasteiger partial charge in [-0.25, -0.2) is 4.68 Å².